The van der Waals surface area contributed by atoms with E-state index >= 15 is 0 Å². The molecule has 1 aromatic heterocycles. The van der Waals surface area contributed by atoms with Gasteiger partial charge in [-0.2, -0.15) is 13.2 Å². The fourth-order valence-corrected chi connectivity index (χ4v) is 2.62. The summed E-state index contributed by atoms with van der Waals surface area (Å²) in [6, 6.07) is 6.67. The molecule has 0 saturated carbocycles. The lowest BCUT2D eigenvalue weighted by Crippen LogP contribution is -2.22. The number of nitrogens with one attached hydrogen (secondary N) is 1. The molecule has 124 valence electrons. The van der Waals surface area contributed by atoms with Gasteiger partial charge in [0.05, 0.1) is 10.8 Å². The van der Waals surface area contributed by atoms with Crippen molar-refractivity contribution in [2.75, 3.05) is 5.32 Å². The molecule has 0 unspecified atom stereocenters. The maximum Gasteiger partial charge on any atom is 0.416 e. The van der Waals surface area contributed by atoms with E-state index in [0.29, 0.717) is 22.9 Å². The van der Waals surface area contributed by atoms with E-state index in [0.717, 1.165) is 12.1 Å². The van der Waals surface area contributed by atoms with Crippen LogP contribution in [0.3, 0.4) is 0 Å². The Bertz CT molecular complexity index is 685. The molecule has 0 aliphatic heterocycles. The highest BCUT2D eigenvalue weighted by Gasteiger charge is 2.30. The van der Waals surface area contributed by atoms with Crippen molar-refractivity contribution in [3.05, 3.63) is 47.2 Å². The lowest BCUT2D eigenvalue weighted by atomic mass is 10.1. The number of alkyl halides is 3. The maximum atomic E-state index is 12.7. The number of anilines is 1. The number of aryl methyl sites for hydroxylation is 1. The van der Waals surface area contributed by atoms with Gasteiger partial charge in [-0.3, -0.25) is 4.79 Å². The molecule has 0 spiro atoms. The summed E-state index contributed by atoms with van der Waals surface area (Å²) >= 11 is 1.25. The van der Waals surface area contributed by atoms with Gasteiger partial charge < -0.3 is 9.84 Å². The number of carbonyl (C=O) groups is 1. The zero-order chi connectivity index (χ0) is 17.0. The summed E-state index contributed by atoms with van der Waals surface area (Å²) in [5, 5.41) is 5.80. The second-order valence-corrected chi connectivity index (χ2v) is 6.29. The molecule has 1 N–H and O–H groups in total. The zero-order valence-electron chi connectivity index (χ0n) is 12.5. The summed E-state index contributed by atoms with van der Waals surface area (Å²) in [5.41, 5.74) is -0.174. The third kappa shape index (κ3) is 5.02. The van der Waals surface area contributed by atoms with Crippen molar-refractivity contribution < 1.29 is 22.5 Å². The van der Waals surface area contributed by atoms with E-state index in [9.17, 15) is 18.0 Å². The van der Waals surface area contributed by atoms with Crippen molar-refractivity contribution in [1.82, 2.24) is 5.16 Å². The molecule has 0 bridgehead atoms. The van der Waals surface area contributed by atoms with Gasteiger partial charge in [0.15, 0.2) is 5.82 Å². The molecule has 2 aromatic rings. The molecule has 1 aromatic carbocycles. The summed E-state index contributed by atoms with van der Waals surface area (Å²) in [7, 11) is 0. The van der Waals surface area contributed by atoms with E-state index in [2.05, 4.69) is 10.5 Å². The van der Waals surface area contributed by atoms with Gasteiger partial charge in [-0.15, -0.1) is 11.8 Å². The molecule has 23 heavy (non-hydrogen) atoms. The number of hydrogen-bond donors (Lipinski definition) is 1. The number of amides is 1. The molecular formula is C15H15F3N2O2S. The summed E-state index contributed by atoms with van der Waals surface area (Å²) in [4.78, 5) is 12.0. The minimum absolute atomic E-state index is 0.282. The first-order valence-corrected chi connectivity index (χ1v) is 7.82. The van der Waals surface area contributed by atoms with Gasteiger partial charge in [-0.25, -0.2) is 0 Å². The van der Waals surface area contributed by atoms with Crippen LogP contribution < -0.4 is 5.32 Å². The van der Waals surface area contributed by atoms with Gasteiger partial charge in [-0.1, -0.05) is 23.4 Å². The van der Waals surface area contributed by atoms with Gasteiger partial charge in [0, 0.05) is 11.8 Å². The van der Waals surface area contributed by atoms with Gasteiger partial charge >= 0.3 is 6.18 Å². The predicted molar refractivity (Wildman–Crippen MR) is 82.1 cm³/mol. The highest BCUT2D eigenvalue weighted by Crippen LogP contribution is 2.30. The van der Waals surface area contributed by atoms with Crippen LogP contribution in [-0.2, 0) is 16.7 Å². The molecule has 0 aliphatic carbocycles. The number of rotatable bonds is 5. The van der Waals surface area contributed by atoms with Crippen molar-refractivity contribution in [2.45, 2.75) is 31.0 Å². The minimum atomic E-state index is -4.37. The Morgan fingerprint density at radius 1 is 1.39 bits per heavy atom. The smallest absolute Gasteiger partial charge is 0.360 e. The Morgan fingerprint density at radius 2 is 2.13 bits per heavy atom. The molecule has 1 atom stereocenters. The topological polar surface area (TPSA) is 55.1 Å². The lowest BCUT2D eigenvalue weighted by Gasteiger charge is -2.12. The number of benzene rings is 1. The largest absolute Gasteiger partial charge is 0.416 e. The summed E-state index contributed by atoms with van der Waals surface area (Å²) < 4.78 is 42.8. The van der Waals surface area contributed by atoms with Crippen LogP contribution in [0.15, 0.2) is 34.9 Å². The van der Waals surface area contributed by atoms with E-state index in [4.69, 9.17) is 4.52 Å². The molecule has 4 nitrogen and oxygen atoms in total. The number of aromatic nitrogens is 1. The van der Waals surface area contributed by atoms with Gasteiger partial charge in [0.1, 0.15) is 5.76 Å². The Kier molecular flexibility index (Phi) is 5.35. The SMILES string of the molecule is Cc1cc(NC(=O)[C@@H](C)SCc2cccc(C(F)(F)F)c2)no1. The molecule has 0 radical (unpaired) electrons. The number of carbonyl (C=O) groups excluding carboxylic acids is 1. The highest BCUT2D eigenvalue weighted by molar-refractivity contribution is 7.99. The second kappa shape index (κ2) is 7.08. The van der Waals surface area contributed by atoms with Crippen LogP contribution in [0, 0.1) is 6.92 Å². The summed E-state index contributed by atoms with van der Waals surface area (Å²) in [6.07, 6.45) is -4.37. The van der Waals surface area contributed by atoms with E-state index in [1.54, 1.807) is 26.0 Å². The first-order valence-electron chi connectivity index (χ1n) is 6.77. The summed E-state index contributed by atoms with van der Waals surface area (Å²) in [6.45, 7) is 3.38. The Hall–Kier alpha value is -1.96. The van der Waals surface area contributed by atoms with E-state index in [1.165, 1.54) is 17.8 Å². The number of thioether (sulfide) groups is 1. The highest BCUT2D eigenvalue weighted by atomic mass is 32.2. The number of halogens is 3. The van der Waals surface area contributed by atoms with Gasteiger partial charge in [-0.05, 0) is 25.5 Å². The van der Waals surface area contributed by atoms with Crippen LogP contribution >= 0.6 is 11.8 Å². The third-order valence-electron chi connectivity index (χ3n) is 3.00. The maximum absolute atomic E-state index is 12.7. The Morgan fingerprint density at radius 3 is 2.74 bits per heavy atom. The van der Waals surface area contributed by atoms with Crippen molar-refractivity contribution in [3.8, 4) is 0 Å². The number of nitrogens with zero attached hydrogens (tertiary/aromatic N) is 1. The van der Waals surface area contributed by atoms with Crippen LogP contribution in [0.25, 0.3) is 0 Å². The molecule has 2 rings (SSSR count). The van der Waals surface area contributed by atoms with Gasteiger partial charge in [0.2, 0.25) is 5.91 Å². The molecule has 1 heterocycles. The average Bonchev–Trinajstić information content (AvgIpc) is 2.89. The molecule has 1 amide bonds. The first kappa shape index (κ1) is 17.4. The van der Waals surface area contributed by atoms with Crippen LogP contribution in [0.1, 0.15) is 23.8 Å². The van der Waals surface area contributed by atoms with Gasteiger partial charge in [0.25, 0.3) is 0 Å². The number of hydrogen-bond acceptors (Lipinski definition) is 4. The van der Waals surface area contributed by atoms with Crippen LogP contribution in [-0.4, -0.2) is 16.3 Å². The average molecular weight is 344 g/mol. The van der Waals surface area contributed by atoms with Crippen LogP contribution in [0.2, 0.25) is 0 Å². The lowest BCUT2D eigenvalue weighted by molar-refractivity contribution is -0.137. The molecule has 0 saturated heterocycles. The Labute approximate surface area is 135 Å². The van der Waals surface area contributed by atoms with Crippen LogP contribution in [0.4, 0.5) is 19.0 Å². The standard InChI is InChI=1S/C15H15F3N2O2S/c1-9-6-13(20-22-9)19-14(21)10(2)23-8-11-4-3-5-12(7-11)15(16,17)18/h3-7,10H,8H2,1-2H3,(H,19,20,21)/t10-/m1/s1. The third-order valence-corrected chi connectivity index (χ3v) is 4.22. The van der Waals surface area contributed by atoms with E-state index in [1.807, 2.05) is 0 Å². The molecule has 0 aliphatic rings. The quantitative estimate of drug-likeness (QED) is 0.880. The fourth-order valence-electron chi connectivity index (χ4n) is 1.79. The molecular weight excluding hydrogens is 329 g/mol. The Balaban J connectivity index is 1.91. The van der Waals surface area contributed by atoms with Crippen molar-refractivity contribution in [2.24, 2.45) is 0 Å². The zero-order valence-corrected chi connectivity index (χ0v) is 13.3. The molecule has 0 fully saturated rings. The predicted octanol–water partition coefficient (Wildman–Crippen LogP) is 4.26. The van der Waals surface area contributed by atoms with Crippen molar-refractivity contribution in [1.29, 1.82) is 0 Å². The summed E-state index contributed by atoms with van der Waals surface area (Å²) in [5.74, 6) is 0.912. The van der Waals surface area contributed by atoms with Crippen molar-refractivity contribution in [3.63, 3.8) is 0 Å². The van der Waals surface area contributed by atoms with Crippen LogP contribution in [0.5, 0.6) is 0 Å². The van der Waals surface area contributed by atoms with Crippen molar-refractivity contribution >= 4 is 23.5 Å². The second-order valence-electron chi connectivity index (χ2n) is 4.96. The monoisotopic (exact) mass is 344 g/mol. The fraction of sp³-hybridized carbons (Fsp3) is 0.333. The van der Waals surface area contributed by atoms with E-state index in [-0.39, 0.29) is 5.91 Å². The van der Waals surface area contributed by atoms with E-state index < -0.39 is 17.0 Å². The normalized spacial score (nSPS) is 12.9. The molecule has 8 heteroatoms. The first-order chi connectivity index (χ1) is 10.8. The minimum Gasteiger partial charge on any atom is -0.360 e.